The predicted molar refractivity (Wildman–Crippen MR) is 101 cm³/mol. The van der Waals surface area contributed by atoms with Gasteiger partial charge < -0.3 is 0 Å². The summed E-state index contributed by atoms with van der Waals surface area (Å²) in [5, 5.41) is 0. The van der Waals surface area contributed by atoms with Crippen LogP contribution in [-0.4, -0.2) is 19.2 Å². The molecule has 0 saturated heterocycles. The zero-order valence-electron chi connectivity index (χ0n) is 14.1. The molecule has 2 aromatic carbocycles. The van der Waals surface area contributed by atoms with E-state index in [1.54, 1.807) is 17.8 Å². The van der Waals surface area contributed by atoms with Gasteiger partial charge in [-0.1, -0.05) is 36.9 Å². The molecule has 1 heterocycles. The summed E-state index contributed by atoms with van der Waals surface area (Å²) in [6.45, 7) is 1.55. The van der Waals surface area contributed by atoms with Crippen molar-refractivity contribution in [2.75, 3.05) is 5.75 Å². The normalized spacial score (nSPS) is 12.6. The molecule has 3 rings (SSSR count). The van der Waals surface area contributed by atoms with Gasteiger partial charge in [-0.15, -0.1) is 11.3 Å². The highest BCUT2D eigenvalue weighted by Crippen LogP contribution is 2.33. The Morgan fingerprint density at radius 1 is 1.19 bits per heavy atom. The highest BCUT2D eigenvalue weighted by atomic mass is 32.2. The van der Waals surface area contributed by atoms with E-state index in [1.165, 1.54) is 41.7 Å². The molecule has 0 aliphatic rings. The molecule has 0 bridgehead atoms. The number of fused-ring (bicyclic) bond motifs is 1. The molecule has 10 heteroatoms. The van der Waals surface area contributed by atoms with Crippen LogP contribution in [-0.2, 0) is 22.7 Å². The van der Waals surface area contributed by atoms with E-state index in [2.05, 4.69) is 9.71 Å². The molecule has 3 aromatic rings. The Bertz CT molecular complexity index is 1060. The Hall–Kier alpha value is -1.62. The Labute approximate surface area is 162 Å². The summed E-state index contributed by atoms with van der Waals surface area (Å²) < 4.78 is 68.0. The van der Waals surface area contributed by atoms with Crippen molar-refractivity contribution in [3.63, 3.8) is 0 Å². The number of benzene rings is 2. The van der Waals surface area contributed by atoms with Gasteiger partial charge in [-0.3, -0.25) is 0 Å². The third-order valence-corrected chi connectivity index (χ3v) is 7.14. The van der Waals surface area contributed by atoms with Gasteiger partial charge in [0, 0.05) is 6.54 Å². The SMILES string of the molecule is CCSc1nc2ccc(S(=O)(=O)NCc3ccccc3C(F)(F)F)cc2s1. The highest BCUT2D eigenvalue weighted by Gasteiger charge is 2.33. The van der Waals surface area contributed by atoms with Gasteiger partial charge in [0.05, 0.1) is 20.7 Å². The van der Waals surface area contributed by atoms with Crippen molar-refractivity contribution in [1.82, 2.24) is 9.71 Å². The molecule has 1 aromatic heterocycles. The first-order valence-electron chi connectivity index (χ1n) is 7.89. The highest BCUT2D eigenvalue weighted by molar-refractivity contribution is 8.01. The summed E-state index contributed by atoms with van der Waals surface area (Å²) in [5.41, 5.74) is -0.293. The molecular weight excluding hydrogens is 417 g/mol. The molecule has 0 saturated carbocycles. The quantitative estimate of drug-likeness (QED) is 0.563. The molecule has 0 fully saturated rings. The number of thioether (sulfide) groups is 1. The summed E-state index contributed by atoms with van der Waals surface area (Å²) >= 11 is 2.94. The molecule has 0 radical (unpaired) electrons. The van der Waals surface area contributed by atoms with Crippen LogP contribution in [0.5, 0.6) is 0 Å². The molecule has 27 heavy (non-hydrogen) atoms. The lowest BCUT2D eigenvalue weighted by molar-refractivity contribution is -0.138. The third kappa shape index (κ3) is 4.63. The van der Waals surface area contributed by atoms with E-state index in [0.717, 1.165) is 16.2 Å². The van der Waals surface area contributed by atoms with Crippen LogP contribution in [0.15, 0.2) is 51.7 Å². The van der Waals surface area contributed by atoms with Gasteiger partial charge in [-0.25, -0.2) is 18.1 Å². The molecule has 0 aliphatic carbocycles. The molecule has 0 spiro atoms. The van der Waals surface area contributed by atoms with Gasteiger partial charge in [0.1, 0.15) is 0 Å². The maximum absolute atomic E-state index is 13.0. The first kappa shape index (κ1) is 20.1. The van der Waals surface area contributed by atoms with Gasteiger partial charge in [0.2, 0.25) is 10.0 Å². The molecule has 1 N–H and O–H groups in total. The molecule has 0 unspecified atom stereocenters. The second-order valence-electron chi connectivity index (χ2n) is 5.52. The lowest BCUT2D eigenvalue weighted by Crippen LogP contribution is -2.24. The predicted octanol–water partition coefficient (Wildman–Crippen LogP) is 4.91. The summed E-state index contributed by atoms with van der Waals surface area (Å²) in [6, 6.07) is 9.39. The van der Waals surface area contributed by atoms with E-state index < -0.39 is 28.3 Å². The number of nitrogens with zero attached hydrogens (tertiary/aromatic N) is 1. The zero-order valence-corrected chi connectivity index (χ0v) is 16.5. The van der Waals surface area contributed by atoms with Crippen molar-refractivity contribution in [3.05, 3.63) is 53.6 Å². The van der Waals surface area contributed by atoms with Crippen molar-refractivity contribution in [2.45, 2.75) is 28.9 Å². The Kier molecular flexibility index (Phi) is 5.80. The molecule has 0 atom stereocenters. The van der Waals surface area contributed by atoms with Crippen LogP contribution in [0.3, 0.4) is 0 Å². The van der Waals surface area contributed by atoms with Crippen molar-refractivity contribution < 1.29 is 21.6 Å². The number of nitrogens with one attached hydrogen (secondary N) is 1. The monoisotopic (exact) mass is 432 g/mol. The lowest BCUT2D eigenvalue weighted by atomic mass is 10.1. The standard InChI is InChI=1S/C17H15F3N2O2S3/c1-2-25-16-22-14-8-7-12(9-15(14)26-16)27(23,24)21-10-11-5-3-4-6-13(11)17(18,19)20/h3-9,21H,2,10H2,1H3. The Morgan fingerprint density at radius 3 is 2.63 bits per heavy atom. The summed E-state index contributed by atoms with van der Waals surface area (Å²) in [4.78, 5) is 4.40. The Morgan fingerprint density at radius 2 is 1.93 bits per heavy atom. The van der Waals surface area contributed by atoms with Gasteiger partial charge in [0.15, 0.2) is 4.34 Å². The van der Waals surface area contributed by atoms with Gasteiger partial charge in [-0.2, -0.15) is 13.2 Å². The maximum Gasteiger partial charge on any atom is 0.416 e. The average molecular weight is 433 g/mol. The smallest absolute Gasteiger partial charge is 0.230 e. The average Bonchev–Trinajstić information content (AvgIpc) is 3.01. The van der Waals surface area contributed by atoms with Crippen LogP contribution in [0.4, 0.5) is 13.2 Å². The van der Waals surface area contributed by atoms with Gasteiger partial charge in [0.25, 0.3) is 0 Å². The topological polar surface area (TPSA) is 59.1 Å². The first-order valence-corrected chi connectivity index (χ1v) is 11.2. The lowest BCUT2D eigenvalue weighted by Gasteiger charge is -2.13. The number of alkyl halides is 3. The number of rotatable bonds is 6. The van der Waals surface area contributed by atoms with Crippen LogP contribution in [0.1, 0.15) is 18.1 Å². The second-order valence-corrected chi connectivity index (χ2v) is 9.83. The van der Waals surface area contributed by atoms with Crippen molar-refractivity contribution >= 4 is 43.3 Å². The van der Waals surface area contributed by atoms with Crippen molar-refractivity contribution in [3.8, 4) is 0 Å². The fraction of sp³-hybridized carbons (Fsp3) is 0.235. The van der Waals surface area contributed by atoms with E-state index in [4.69, 9.17) is 0 Å². The summed E-state index contributed by atoms with van der Waals surface area (Å²) in [6.07, 6.45) is -4.54. The van der Waals surface area contributed by atoms with Crippen LogP contribution in [0.25, 0.3) is 10.2 Å². The number of aromatic nitrogens is 1. The summed E-state index contributed by atoms with van der Waals surface area (Å²) in [5.74, 6) is 0.852. The third-order valence-electron chi connectivity index (χ3n) is 3.69. The maximum atomic E-state index is 13.0. The minimum atomic E-state index is -4.54. The summed E-state index contributed by atoms with van der Waals surface area (Å²) in [7, 11) is -3.96. The van der Waals surface area contributed by atoms with Gasteiger partial charge >= 0.3 is 6.18 Å². The molecule has 0 amide bonds. The number of halogens is 3. The van der Waals surface area contributed by atoms with Gasteiger partial charge in [-0.05, 0) is 35.6 Å². The first-order chi connectivity index (χ1) is 12.7. The fourth-order valence-corrected chi connectivity index (χ4v) is 5.55. The number of hydrogen-bond donors (Lipinski definition) is 1. The largest absolute Gasteiger partial charge is 0.416 e. The minimum absolute atomic E-state index is 0.00353. The zero-order chi connectivity index (χ0) is 19.7. The second kappa shape index (κ2) is 7.78. The van der Waals surface area contributed by atoms with E-state index >= 15 is 0 Å². The van der Waals surface area contributed by atoms with E-state index in [1.807, 2.05) is 6.92 Å². The van der Waals surface area contributed by atoms with Crippen molar-refractivity contribution in [2.24, 2.45) is 0 Å². The van der Waals surface area contributed by atoms with E-state index in [9.17, 15) is 21.6 Å². The molecular formula is C17H15F3N2O2S3. The van der Waals surface area contributed by atoms with E-state index in [0.29, 0.717) is 10.2 Å². The van der Waals surface area contributed by atoms with Crippen LogP contribution >= 0.6 is 23.1 Å². The Balaban J connectivity index is 1.84. The number of thiazole rings is 1. The number of sulfonamides is 1. The molecule has 4 nitrogen and oxygen atoms in total. The number of hydrogen-bond acceptors (Lipinski definition) is 5. The van der Waals surface area contributed by atoms with Crippen molar-refractivity contribution in [1.29, 1.82) is 0 Å². The van der Waals surface area contributed by atoms with Crippen LogP contribution in [0.2, 0.25) is 0 Å². The molecule has 144 valence electrons. The van der Waals surface area contributed by atoms with Crippen LogP contribution < -0.4 is 4.72 Å². The minimum Gasteiger partial charge on any atom is -0.230 e. The van der Waals surface area contributed by atoms with Crippen LogP contribution in [0, 0.1) is 0 Å². The molecule has 0 aliphatic heterocycles. The van der Waals surface area contributed by atoms with E-state index in [-0.39, 0.29) is 10.5 Å². The fourth-order valence-electron chi connectivity index (χ4n) is 2.44.